The molecule has 0 aliphatic rings. The van der Waals surface area contributed by atoms with Crippen LogP contribution in [0.4, 0.5) is 5.69 Å². The molecule has 5 heteroatoms. The average Bonchev–Trinajstić information content (AvgIpc) is 2.38. The molecule has 0 radical (unpaired) electrons. The van der Waals surface area contributed by atoms with Crippen molar-refractivity contribution in [2.75, 3.05) is 12.8 Å². The van der Waals surface area contributed by atoms with Gasteiger partial charge in [0.05, 0.1) is 12.6 Å². The number of aromatic nitrogens is 1. The Kier molecular flexibility index (Phi) is 3.66. The van der Waals surface area contributed by atoms with E-state index in [-0.39, 0.29) is 5.97 Å². The van der Waals surface area contributed by atoms with E-state index in [4.69, 9.17) is 10.5 Å². The van der Waals surface area contributed by atoms with Crippen molar-refractivity contribution in [2.45, 2.75) is 23.5 Å². The Morgan fingerprint density at radius 1 is 1.37 bits per heavy atom. The van der Waals surface area contributed by atoms with E-state index in [1.54, 1.807) is 12.3 Å². The fourth-order valence-electron chi connectivity index (χ4n) is 1.79. The van der Waals surface area contributed by atoms with Gasteiger partial charge in [0.25, 0.3) is 0 Å². The summed E-state index contributed by atoms with van der Waals surface area (Å²) in [7, 11) is 1.40. The number of anilines is 1. The van der Waals surface area contributed by atoms with Crippen LogP contribution in [0.15, 0.2) is 35.4 Å². The van der Waals surface area contributed by atoms with Gasteiger partial charge in [0.15, 0.2) is 0 Å². The van der Waals surface area contributed by atoms with E-state index in [1.165, 1.54) is 18.9 Å². The molecule has 0 saturated heterocycles. The van der Waals surface area contributed by atoms with Crippen molar-refractivity contribution in [2.24, 2.45) is 0 Å². The molecule has 0 atom stereocenters. The number of esters is 1. The minimum Gasteiger partial charge on any atom is -0.468 e. The van der Waals surface area contributed by atoms with Crippen molar-refractivity contribution in [3.8, 4) is 0 Å². The van der Waals surface area contributed by atoms with Crippen LogP contribution in [0.1, 0.15) is 13.8 Å². The molecule has 4 nitrogen and oxygen atoms in total. The molecule has 1 aromatic carbocycles. The van der Waals surface area contributed by atoms with Crippen LogP contribution in [0, 0.1) is 0 Å². The maximum absolute atomic E-state index is 11.7. The largest absolute Gasteiger partial charge is 0.468 e. The number of benzene rings is 1. The lowest BCUT2D eigenvalue weighted by Gasteiger charge is -2.20. The van der Waals surface area contributed by atoms with Gasteiger partial charge >= 0.3 is 5.97 Å². The summed E-state index contributed by atoms with van der Waals surface area (Å²) in [5, 5.41) is 0.896. The Morgan fingerprint density at radius 3 is 2.79 bits per heavy atom. The Labute approximate surface area is 116 Å². The van der Waals surface area contributed by atoms with Crippen LogP contribution in [0.25, 0.3) is 10.9 Å². The summed E-state index contributed by atoms with van der Waals surface area (Å²) in [6.45, 7) is 3.67. The molecule has 0 fully saturated rings. The molecular formula is C14H16N2O2S. The molecule has 100 valence electrons. The van der Waals surface area contributed by atoms with Gasteiger partial charge in [0.1, 0.15) is 4.75 Å². The number of methoxy groups -OCH3 is 1. The SMILES string of the molecule is COC(=O)C(C)(C)Sc1ccc2nccc(N)c2c1. The first kappa shape index (κ1) is 13.7. The highest BCUT2D eigenvalue weighted by atomic mass is 32.2. The zero-order chi connectivity index (χ0) is 14.0. The van der Waals surface area contributed by atoms with Crippen LogP contribution in [-0.4, -0.2) is 22.8 Å². The van der Waals surface area contributed by atoms with E-state index in [1.807, 2.05) is 32.0 Å². The number of hydrogen-bond donors (Lipinski definition) is 1. The van der Waals surface area contributed by atoms with Crippen LogP contribution < -0.4 is 5.73 Å². The third-order valence-electron chi connectivity index (χ3n) is 2.80. The second-order valence-electron chi connectivity index (χ2n) is 4.68. The van der Waals surface area contributed by atoms with E-state index in [9.17, 15) is 4.79 Å². The Bertz CT molecular complexity index is 626. The molecule has 0 aliphatic heterocycles. The van der Waals surface area contributed by atoms with Crippen molar-refractivity contribution in [1.82, 2.24) is 4.98 Å². The van der Waals surface area contributed by atoms with Gasteiger partial charge in [-0.25, -0.2) is 0 Å². The minimum absolute atomic E-state index is 0.253. The van der Waals surface area contributed by atoms with Crippen molar-refractivity contribution < 1.29 is 9.53 Å². The third kappa shape index (κ3) is 2.81. The summed E-state index contributed by atoms with van der Waals surface area (Å²) in [5.74, 6) is -0.253. The second kappa shape index (κ2) is 5.09. The predicted octanol–water partition coefficient (Wildman–Crippen LogP) is 2.86. The maximum Gasteiger partial charge on any atom is 0.321 e. The van der Waals surface area contributed by atoms with Gasteiger partial charge < -0.3 is 10.5 Å². The van der Waals surface area contributed by atoms with Gasteiger partial charge in [-0.05, 0) is 38.1 Å². The summed E-state index contributed by atoms with van der Waals surface area (Å²) in [4.78, 5) is 16.9. The molecule has 0 unspecified atom stereocenters. The van der Waals surface area contributed by atoms with E-state index in [0.717, 1.165) is 15.8 Å². The number of carbonyl (C=O) groups is 1. The molecule has 0 saturated carbocycles. The van der Waals surface area contributed by atoms with Crippen molar-refractivity contribution in [1.29, 1.82) is 0 Å². The molecule has 1 heterocycles. The second-order valence-corrected chi connectivity index (χ2v) is 6.38. The molecule has 0 aliphatic carbocycles. The lowest BCUT2D eigenvalue weighted by atomic mass is 10.2. The standard InChI is InChI=1S/C14H16N2O2S/c1-14(2,13(17)18-3)19-9-4-5-12-10(8-9)11(15)6-7-16-12/h4-8H,1-3H3,(H2,15,16). The zero-order valence-corrected chi connectivity index (χ0v) is 12.0. The lowest BCUT2D eigenvalue weighted by molar-refractivity contribution is -0.142. The van der Waals surface area contributed by atoms with Gasteiger partial charge in [-0.3, -0.25) is 9.78 Å². The Morgan fingerprint density at radius 2 is 2.11 bits per heavy atom. The molecule has 19 heavy (non-hydrogen) atoms. The monoisotopic (exact) mass is 276 g/mol. The maximum atomic E-state index is 11.7. The van der Waals surface area contributed by atoms with Crippen LogP contribution >= 0.6 is 11.8 Å². The number of fused-ring (bicyclic) bond motifs is 1. The van der Waals surface area contributed by atoms with Crippen LogP contribution in [0.2, 0.25) is 0 Å². The van der Waals surface area contributed by atoms with E-state index in [0.29, 0.717) is 5.69 Å². The zero-order valence-electron chi connectivity index (χ0n) is 11.1. The van der Waals surface area contributed by atoms with Gasteiger partial charge in [-0.15, -0.1) is 11.8 Å². The summed E-state index contributed by atoms with van der Waals surface area (Å²) >= 11 is 1.44. The number of rotatable bonds is 3. The van der Waals surface area contributed by atoms with E-state index < -0.39 is 4.75 Å². The topological polar surface area (TPSA) is 65.2 Å². The van der Waals surface area contributed by atoms with Crippen LogP contribution in [-0.2, 0) is 9.53 Å². The van der Waals surface area contributed by atoms with Gasteiger partial charge in [0, 0.05) is 22.2 Å². The normalized spacial score (nSPS) is 11.5. The first-order valence-corrected chi connectivity index (χ1v) is 6.67. The fraction of sp³-hybridized carbons (Fsp3) is 0.286. The van der Waals surface area contributed by atoms with Crippen molar-refractivity contribution >= 4 is 34.3 Å². The van der Waals surface area contributed by atoms with Crippen LogP contribution in [0.5, 0.6) is 0 Å². The number of nitrogens with zero attached hydrogens (tertiary/aromatic N) is 1. The average molecular weight is 276 g/mol. The number of pyridine rings is 1. The van der Waals surface area contributed by atoms with Crippen LogP contribution in [0.3, 0.4) is 0 Å². The Balaban J connectivity index is 2.37. The van der Waals surface area contributed by atoms with Crippen molar-refractivity contribution in [3.63, 3.8) is 0 Å². The van der Waals surface area contributed by atoms with E-state index in [2.05, 4.69) is 4.98 Å². The Hall–Kier alpha value is -1.75. The summed E-state index contributed by atoms with van der Waals surface area (Å²) in [6.07, 6.45) is 1.68. The number of carbonyl (C=O) groups excluding carboxylic acids is 1. The predicted molar refractivity (Wildman–Crippen MR) is 78.1 cm³/mol. The number of ether oxygens (including phenoxy) is 1. The lowest BCUT2D eigenvalue weighted by Crippen LogP contribution is -2.28. The minimum atomic E-state index is -0.639. The highest BCUT2D eigenvalue weighted by molar-refractivity contribution is 8.01. The molecule has 1 aromatic heterocycles. The number of nitrogens with two attached hydrogens (primary N) is 1. The first-order valence-electron chi connectivity index (χ1n) is 5.86. The highest BCUT2D eigenvalue weighted by Gasteiger charge is 2.30. The molecule has 2 rings (SSSR count). The van der Waals surface area contributed by atoms with Gasteiger partial charge in [0.2, 0.25) is 0 Å². The summed E-state index contributed by atoms with van der Waals surface area (Å²) in [5.41, 5.74) is 7.47. The summed E-state index contributed by atoms with van der Waals surface area (Å²) < 4.78 is 4.16. The number of thioether (sulfide) groups is 1. The molecule has 2 aromatic rings. The quantitative estimate of drug-likeness (QED) is 0.689. The fourth-order valence-corrected chi connectivity index (χ4v) is 2.86. The van der Waals surface area contributed by atoms with Gasteiger partial charge in [-0.1, -0.05) is 0 Å². The van der Waals surface area contributed by atoms with Crippen molar-refractivity contribution in [3.05, 3.63) is 30.5 Å². The molecule has 0 bridgehead atoms. The van der Waals surface area contributed by atoms with E-state index >= 15 is 0 Å². The molecule has 0 amide bonds. The number of nitrogen functional groups attached to an aromatic ring is 1. The smallest absolute Gasteiger partial charge is 0.321 e. The highest BCUT2D eigenvalue weighted by Crippen LogP contribution is 2.35. The molecular weight excluding hydrogens is 260 g/mol. The molecule has 0 spiro atoms. The summed E-state index contributed by atoms with van der Waals surface area (Å²) in [6, 6.07) is 7.56. The molecule has 2 N–H and O–H groups in total. The third-order valence-corrected chi connectivity index (χ3v) is 3.96. The number of hydrogen-bond acceptors (Lipinski definition) is 5. The first-order chi connectivity index (χ1) is 8.94. The van der Waals surface area contributed by atoms with Gasteiger partial charge in [-0.2, -0.15) is 0 Å².